The van der Waals surface area contributed by atoms with Gasteiger partial charge in [-0.3, -0.25) is 0 Å². The largest absolute Gasteiger partial charge is 0.444 e. The van der Waals surface area contributed by atoms with E-state index in [4.69, 9.17) is 10.00 Å². The highest BCUT2D eigenvalue weighted by molar-refractivity contribution is 5.68. The van der Waals surface area contributed by atoms with Crippen molar-refractivity contribution in [2.45, 2.75) is 59.1 Å². The van der Waals surface area contributed by atoms with Crippen LogP contribution in [0.25, 0.3) is 0 Å². The zero-order valence-corrected chi connectivity index (χ0v) is 10.8. The van der Waals surface area contributed by atoms with E-state index in [1.165, 1.54) is 0 Å². The number of carbonyl (C=O) groups excluding carboxylic acids is 1. The van der Waals surface area contributed by atoms with Crippen LogP contribution < -0.4 is 5.32 Å². The lowest BCUT2D eigenvalue weighted by Gasteiger charge is -2.23. The van der Waals surface area contributed by atoms with Crippen molar-refractivity contribution in [2.75, 3.05) is 0 Å². The Balaban J connectivity index is 4.19. The minimum Gasteiger partial charge on any atom is -0.444 e. The van der Waals surface area contributed by atoms with E-state index in [9.17, 15) is 4.79 Å². The molecule has 1 amide bonds. The van der Waals surface area contributed by atoms with Crippen LogP contribution in [0.15, 0.2) is 0 Å². The van der Waals surface area contributed by atoms with Gasteiger partial charge in [-0.15, -0.1) is 0 Å². The van der Waals surface area contributed by atoms with Crippen LogP contribution in [0, 0.1) is 17.2 Å². The molecule has 92 valence electrons. The van der Waals surface area contributed by atoms with Crippen LogP contribution in [-0.4, -0.2) is 17.7 Å². The molecule has 0 aliphatic rings. The highest BCUT2D eigenvalue weighted by Gasteiger charge is 2.19. The van der Waals surface area contributed by atoms with Gasteiger partial charge in [0.25, 0.3) is 0 Å². The number of hydrogen-bond acceptors (Lipinski definition) is 3. The summed E-state index contributed by atoms with van der Waals surface area (Å²) in [5.41, 5.74) is -0.501. The standard InChI is InChI=1S/C12H22N2O2/c1-9(2)8-10(6-7-13)14-11(15)16-12(3,4)5/h9-10H,6,8H2,1-5H3,(H,14,15)/t10-/m0/s1. The smallest absolute Gasteiger partial charge is 0.407 e. The number of rotatable bonds is 4. The molecule has 0 spiro atoms. The monoisotopic (exact) mass is 226 g/mol. The Morgan fingerprint density at radius 2 is 2.00 bits per heavy atom. The van der Waals surface area contributed by atoms with Gasteiger partial charge in [0, 0.05) is 6.04 Å². The molecule has 0 bridgehead atoms. The second-order valence-corrected chi connectivity index (χ2v) is 5.33. The van der Waals surface area contributed by atoms with Crippen molar-refractivity contribution in [1.82, 2.24) is 5.32 Å². The number of hydrogen-bond donors (Lipinski definition) is 1. The average Bonchev–Trinajstić information content (AvgIpc) is 1.98. The number of alkyl carbamates (subject to hydrolysis) is 1. The first-order valence-corrected chi connectivity index (χ1v) is 5.61. The van der Waals surface area contributed by atoms with Crippen LogP contribution in [0.1, 0.15) is 47.5 Å². The summed E-state index contributed by atoms with van der Waals surface area (Å²) in [5, 5.41) is 11.4. The molecule has 0 aromatic heterocycles. The Hall–Kier alpha value is -1.24. The fourth-order valence-electron chi connectivity index (χ4n) is 1.35. The first-order chi connectivity index (χ1) is 7.24. The summed E-state index contributed by atoms with van der Waals surface area (Å²) < 4.78 is 5.14. The van der Waals surface area contributed by atoms with Gasteiger partial charge < -0.3 is 10.1 Å². The maximum atomic E-state index is 11.5. The fraction of sp³-hybridized carbons (Fsp3) is 0.833. The lowest BCUT2D eigenvalue weighted by atomic mass is 10.0. The van der Waals surface area contributed by atoms with Crippen LogP contribution >= 0.6 is 0 Å². The predicted molar refractivity (Wildman–Crippen MR) is 62.8 cm³/mol. The van der Waals surface area contributed by atoms with Gasteiger partial charge in [0.2, 0.25) is 0 Å². The molecule has 0 heterocycles. The molecular weight excluding hydrogens is 204 g/mol. The molecule has 0 saturated heterocycles. The van der Waals surface area contributed by atoms with Crippen molar-refractivity contribution in [1.29, 1.82) is 5.26 Å². The number of nitriles is 1. The van der Waals surface area contributed by atoms with Gasteiger partial charge in [0.15, 0.2) is 0 Å². The Bertz CT molecular complexity index is 261. The van der Waals surface area contributed by atoms with Gasteiger partial charge in [-0.2, -0.15) is 5.26 Å². The molecule has 0 saturated carbocycles. The van der Waals surface area contributed by atoms with E-state index in [1.54, 1.807) is 0 Å². The second kappa shape index (κ2) is 6.37. The number of carbonyl (C=O) groups is 1. The van der Waals surface area contributed by atoms with E-state index >= 15 is 0 Å². The Labute approximate surface area is 98.0 Å². The highest BCUT2D eigenvalue weighted by Crippen LogP contribution is 2.10. The van der Waals surface area contributed by atoms with Crippen molar-refractivity contribution < 1.29 is 9.53 Å². The van der Waals surface area contributed by atoms with Gasteiger partial charge in [-0.1, -0.05) is 13.8 Å². The third-order valence-electron chi connectivity index (χ3n) is 1.81. The zero-order chi connectivity index (χ0) is 12.8. The van der Waals surface area contributed by atoms with Gasteiger partial charge in [0.05, 0.1) is 12.5 Å². The molecular formula is C12H22N2O2. The Morgan fingerprint density at radius 1 is 1.44 bits per heavy atom. The van der Waals surface area contributed by atoms with Crippen molar-refractivity contribution in [2.24, 2.45) is 5.92 Å². The molecule has 4 nitrogen and oxygen atoms in total. The summed E-state index contributed by atoms with van der Waals surface area (Å²) in [7, 11) is 0. The third kappa shape index (κ3) is 8.10. The molecule has 0 aliphatic carbocycles. The van der Waals surface area contributed by atoms with Crippen LogP contribution in [0.2, 0.25) is 0 Å². The van der Waals surface area contributed by atoms with E-state index in [-0.39, 0.29) is 6.04 Å². The SMILES string of the molecule is CC(C)C[C@H](CC#N)NC(=O)OC(C)(C)C. The van der Waals surface area contributed by atoms with E-state index in [0.29, 0.717) is 12.3 Å². The average molecular weight is 226 g/mol. The number of ether oxygens (including phenoxy) is 1. The molecule has 0 aromatic carbocycles. The van der Waals surface area contributed by atoms with Crippen LogP contribution in [0.5, 0.6) is 0 Å². The number of amides is 1. The summed E-state index contributed by atoms with van der Waals surface area (Å²) in [6, 6.07) is 1.95. The molecule has 4 heteroatoms. The summed E-state index contributed by atoms with van der Waals surface area (Å²) in [6.07, 6.45) is 0.651. The Morgan fingerprint density at radius 3 is 2.38 bits per heavy atom. The maximum Gasteiger partial charge on any atom is 0.407 e. The van der Waals surface area contributed by atoms with Crippen molar-refractivity contribution >= 4 is 6.09 Å². The lowest BCUT2D eigenvalue weighted by molar-refractivity contribution is 0.0500. The van der Waals surface area contributed by atoms with E-state index in [0.717, 1.165) is 6.42 Å². The van der Waals surface area contributed by atoms with Gasteiger partial charge in [0.1, 0.15) is 5.60 Å². The van der Waals surface area contributed by atoms with Gasteiger partial charge >= 0.3 is 6.09 Å². The minimum absolute atomic E-state index is 0.125. The molecule has 16 heavy (non-hydrogen) atoms. The number of nitrogens with one attached hydrogen (secondary N) is 1. The van der Waals surface area contributed by atoms with Gasteiger partial charge in [-0.05, 0) is 33.1 Å². The van der Waals surface area contributed by atoms with Crippen molar-refractivity contribution in [3.05, 3.63) is 0 Å². The van der Waals surface area contributed by atoms with Crippen LogP contribution in [-0.2, 0) is 4.74 Å². The zero-order valence-electron chi connectivity index (χ0n) is 10.8. The third-order valence-corrected chi connectivity index (χ3v) is 1.81. The lowest BCUT2D eigenvalue weighted by Crippen LogP contribution is -2.39. The molecule has 0 aliphatic heterocycles. The topological polar surface area (TPSA) is 62.1 Å². The van der Waals surface area contributed by atoms with Crippen LogP contribution in [0.3, 0.4) is 0 Å². The summed E-state index contributed by atoms with van der Waals surface area (Å²) in [4.78, 5) is 11.5. The first-order valence-electron chi connectivity index (χ1n) is 5.61. The van der Waals surface area contributed by atoms with E-state index < -0.39 is 11.7 Å². The van der Waals surface area contributed by atoms with Crippen LogP contribution in [0.4, 0.5) is 4.79 Å². The molecule has 1 atom stereocenters. The van der Waals surface area contributed by atoms with E-state index in [2.05, 4.69) is 25.2 Å². The maximum absolute atomic E-state index is 11.5. The highest BCUT2D eigenvalue weighted by atomic mass is 16.6. The quantitative estimate of drug-likeness (QED) is 0.801. The molecule has 1 N–H and O–H groups in total. The minimum atomic E-state index is -0.501. The van der Waals surface area contributed by atoms with Gasteiger partial charge in [-0.25, -0.2) is 4.79 Å². The molecule has 0 fully saturated rings. The normalized spacial score (nSPS) is 13.1. The summed E-state index contributed by atoms with van der Waals surface area (Å²) in [5.74, 6) is 0.438. The molecule has 0 radical (unpaired) electrons. The Kier molecular flexibility index (Phi) is 5.87. The van der Waals surface area contributed by atoms with Crippen molar-refractivity contribution in [3.8, 4) is 6.07 Å². The first kappa shape index (κ1) is 14.8. The number of nitrogens with zero attached hydrogens (tertiary/aromatic N) is 1. The summed E-state index contributed by atoms with van der Waals surface area (Å²) >= 11 is 0. The molecule has 0 unspecified atom stereocenters. The molecule has 0 aromatic rings. The predicted octanol–water partition coefficient (Wildman–Crippen LogP) is 2.84. The van der Waals surface area contributed by atoms with E-state index in [1.807, 2.05) is 20.8 Å². The molecule has 0 rings (SSSR count). The summed E-state index contributed by atoms with van der Waals surface area (Å²) in [6.45, 7) is 9.55. The van der Waals surface area contributed by atoms with Crippen molar-refractivity contribution in [3.63, 3.8) is 0 Å². The second-order valence-electron chi connectivity index (χ2n) is 5.33. The fourth-order valence-corrected chi connectivity index (χ4v) is 1.35.